The number of aromatic nitrogens is 1. The van der Waals surface area contributed by atoms with Crippen LogP contribution in [0.5, 0.6) is 0 Å². The van der Waals surface area contributed by atoms with Gasteiger partial charge in [0, 0.05) is 6.20 Å². The average molecular weight is 332 g/mol. The molecule has 0 aliphatic rings. The summed E-state index contributed by atoms with van der Waals surface area (Å²) in [6.07, 6.45) is 2.73. The molecule has 0 aliphatic carbocycles. The number of hydrogen-bond acceptors (Lipinski definition) is 5. The fourth-order valence-corrected chi connectivity index (χ4v) is 2.00. The van der Waals surface area contributed by atoms with E-state index < -0.39 is 30.3 Å². The lowest BCUT2D eigenvalue weighted by molar-refractivity contribution is -0.120. The normalized spacial score (nSPS) is 11.6. The topological polar surface area (TPSA) is 117 Å². The van der Waals surface area contributed by atoms with E-state index in [1.54, 1.807) is 19.1 Å². The Morgan fingerprint density at radius 1 is 1.33 bits per heavy atom. The van der Waals surface area contributed by atoms with E-state index in [4.69, 9.17) is 10.8 Å². The average Bonchev–Trinajstić information content (AvgIpc) is 2.55. The van der Waals surface area contributed by atoms with Gasteiger partial charge in [-0.25, -0.2) is 4.39 Å². The SMILES string of the molecule is Cc1ccc(Nc2cnccc2C(=O)NC(CO)C(N)=O)c(F)c1. The molecule has 0 spiro atoms. The van der Waals surface area contributed by atoms with Crippen molar-refractivity contribution in [2.24, 2.45) is 5.73 Å². The van der Waals surface area contributed by atoms with Gasteiger partial charge in [0.1, 0.15) is 11.9 Å². The van der Waals surface area contributed by atoms with Gasteiger partial charge in [0.25, 0.3) is 5.91 Å². The molecule has 0 fully saturated rings. The number of nitrogens with two attached hydrogens (primary N) is 1. The third-order valence-electron chi connectivity index (χ3n) is 3.29. The first kappa shape index (κ1) is 17.4. The van der Waals surface area contributed by atoms with Gasteiger partial charge in [0.15, 0.2) is 0 Å². The summed E-state index contributed by atoms with van der Waals surface area (Å²) in [7, 11) is 0. The van der Waals surface area contributed by atoms with Gasteiger partial charge in [0.05, 0.1) is 29.7 Å². The van der Waals surface area contributed by atoms with E-state index in [1.165, 1.54) is 24.5 Å². The Hall–Kier alpha value is -3.00. The summed E-state index contributed by atoms with van der Waals surface area (Å²) in [6, 6.07) is 4.80. The molecule has 0 saturated carbocycles. The van der Waals surface area contributed by atoms with Crippen LogP contribution in [0, 0.1) is 12.7 Å². The highest BCUT2D eigenvalue weighted by Crippen LogP contribution is 2.23. The van der Waals surface area contributed by atoms with Crippen molar-refractivity contribution in [2.45, 2.75) is 13.0 Å². The maximum absolute atomic E-state index is 14.0. The predicted octanol–water partition coefficient (Wildman–Crippen LogP) is 0.849. The van der Waals surface area contributed by atoms with Crippen molar-refractivity contribution >= 4 is 23.2 Å². The van der Waals surface area contributed by atoms with Crippen molar-refractivity contribution in [3.05, 3.63) is 53.6 Å². The molecule has 7 nitrogen and oxygen atoms in total. The first-order valence-electron chi connectivity index (χ1n) is 7.10. The lowest BCUT2D eigenvalue weighted by Gasteiger charge is -2.15. The molecule has 2 aromatic rings. The first-order valence-corrected chi connectivity index (χ1v) is 7.10. The Morgan fingerprint density at radius 3 is 2.71 bits per heavy atom. The number of halogens is 1. The molecule has 2 rings (SSSR count). The monoisotopic (exact) mass is 332 g/mol. The van der Waals surface area contributed by atoms with Gasteiger partial charge in [-0.05, 0) is 30.7 Å². The molecule has 24 heavy (non-hydrogen) atoms. The van der Waals surface area contributed by atoms with Gasteiger partial charge in [-0.1, -0.05) is 6.07 Å². The van der Waals surface area contributed by atoms with Crippen LogP contribution in [0.15, 0.2) is 36.7 Å². The first-order chi connectivity index (χ1) is 11.4. The molecule has 2 amide bonds. The molecular formula is C16H17FN4O3. The fourth-order valence-electron chi connectivity index (χ4n) is 2.00. The molecule has 0 saturated heterocycles. The summed E-state index contributed by atoms with van der Waals surface area (Å²) < 4.78 is 14.0. The number of aryl methyl sites for hydroxylation is 1. The smallest absolute Gasteiger partial charge is 0.254 e. The fraction of sp³-hybridized carbons (Fsp3) is 0.188. The number of carbonyl (C=O) groups excluding carboxylic acids is 2. The van der Waals surface area contributed by atoms with Crippen LogP contribution in [0.4, 0.5) is 15.8 Å². The van der Waals surface area contributed by atoms with Crippen LogP contribution in [-0.4, -0.2) is 34.6 Å². The molecule has 1 aromatic carbocycles. The van der Waals surface area contributed by atoms with Crippen molar-refractivity contribution in [3.8, 4) is 0 Å². The van der Waals surface area contributed by atoms with E-state index in [1.807, 2.05) is 0 Å². The summed E-state index contributed by atoms with van der Waals surface area (Å²) in [4.78, 5) is 27.3. The van der Waals surface area contributed by atoms with E-state index in [-0.39, 0.29) is 16.9 Å². The van der Waals surface area contributed by atoms with Gasteiger partial charge in [0.2, 0.25) is 5.91 Å². The van der Waals surface area contributed by atoms with Crippen LogP contribution in [0.1, 0.15) is 15.9 Å². The van der Waals surface area contributed by atoms with Crippen LogP contribution in [0.3, 0.4) is 0 Å². The van der Waals surface area contributed by atoms with Crippen LogP contribution in [0.25, 0.3) is 0 Å². The molecule has 5 N–H and O–H groups in total. The minimum atomic E-state index is -1.21. The number of primary amides is 1. The summed E-state index contributed by atoms with van der Waals surface area (Å²) in [5.74, 6) is -1.99. The lowest BCUT2D eigenvalue weighted by Crippen LogP contribution is -2.46. The summed E-state index contributed by atoms with van der Waals surface area (Å²) in [5, 5.41) is 14.2. The molecule has 0 bridgehead atoms. The third kappa shape index (κ3) is 4.05. The summed E-state index contributed by atoms with van der Waals surface area (Å²) >= 11 is 0. The van der Waals surface area contributed by atoms with Crippen LogP contribution < -0.4 is 16.4 Å². The highest BCUT2D eigenvalue weighted by molar-refractivity contribution is 6.02. The van der Waals surface area contributed by atoms with Crippen LogP contribution >= 0.6 is 0 Å². The zero-order valence-corrected chi connectivity index (χ0v) is 12.9. The Balaban J connectivity index is 2.26. The maximum Gasteiger partial charge on any atom is 0.254 e. The van der Waals surface area contributed by atoms with Gasteiger partial charge < -0.3 is 21.5 Å². The molecule has 1 heterocycles. The predicted molar refractivity (Wildman–Crippen MR) is 86.2 cm³/mol. The van der Waals surface area contributed by atoms with E-state index >= 15 is 0 Å². The molecular weight excluding hydrogens is 315 g/mol. The van der Waals surface area contributed by atoms with E-state index in [9.17, 15) is 14.0 Å². The zero-order valence-electron chi connectivity index (χ0n) is 12.9. The molecule has 1 atom stereocenters. The Morgan fingerprint density at radius 2 is 2.08 bits per heavy atom. The number of carbonyl (C=O) groups is 2. The number of hydrogen-bond donors (Lipinski definition) is 4. The molecule has 126 valence electrons. The highest BCUT2D eigenvalue weighted by Gasteiger charge is 2.20. The molecule has 0 aliphatic heterocycles. The number of benzene rings is 1. The lowest BCUT2D eigenvalue weighted by atomic mass is 10.1. The standard InChI is InChI=1S/C16H17FN4O3/c1-9-2-3-12(11(17)6-9)20-13-7-19-5-4-10(13)16(24)21-14(8-22)15(18)23/h2-7,14,20,22H,8H2,1H3,(H2,18,23)(H,21,24). The Kier molecular flexibility index (Phi) is 5.43. The number of nitrogens with zero attached hydrogens (tertiary/aromatic N) is 1. The number of nitrogens with one attached hydrogen (secondary N) is 2. The Labute approximate surface area is 137 Å². The van der Waals surface area contributed by atoms with Gasteiger partial charge in [-0.2, -0.15) is 0 Å². The number of pyridine rings is 1. The zero-order chi connectivity index (χ0) is 17.7. The molecule has 8 heteroatoms. The second kappa shape index (κ2) is 7.51. The van der Waals surface area contributed by atoms with Crippen molar-refractivity contribution in [3.63, 3.8) is 0 Å². The Bertz CT molecular complexity index is 767. The van der Waals surface area contributed by atoms with Crippen molar-refractivity contribution in [1.29, 1.82) is 0 Å². The second-order valence-corrected chi connectivity index (χ2v) is 5.14. The van der Waals surface area contributed by atoms with Crippen molar-refractivity contribution in [2.75, 3.05) is 11.9 Å². The number of rotatable bonds is 6. The highest BCUT2D eigenvalue weighted by atomic mass is 19.1. The molecule has 1 aromatic heterocycles. The van der Waals surface area contributed by atoms with Crippen molar-refractivity contribution in [1.82, 2.24) is 10.3 Å². The summed E-state index contributed by atoms with van der Waals surface area (Å²) in [6.45, 7) is 1.14. The van der Waals surface area contributed by atoms with Gasteiger partial charge in [-0.3, -0.25) is 14.6 Å². The van der Waals surface area contributed by atoms with E-state index in [2.05, 4.69) is 15.6 Å². The van der Waals surface area contributed by atoms with Crippen molar-refractivity contribution < 1.29 is 19.1 Å². The van der Waals surface area contributed by atoms with E-state index in [0.29, 0.717) is 0 Å². The number of aliphatic hydroxyl groups is 1. The molecule has 1 unspecified atom stereocenters. The maximum atomic E-state index is 14.0. The number of amides is 2. The number of aliphatic hydroxyl groups excluding tert-OH is 1. The van der Waals surface area contributed by atoms with E-state index in [0.717, 1.165) is 5.56 Å². The van der Waals surface area contributed by atoms with Gasteiger partial charge >= 0.3 is 0 Å². The second-order valence-electron chi connectivity index (χ2n) is 5.14. The van der Waals surface area contributed by atoms with Crippen LogP contribution in [-0.2, 0) is 4.79 Å². The summed E-state index contributed by atoms with van der Waals surface area (Å²) in [5.41, 5.74) is 6.39. The number of anilines is 2. The largest absolute Gasteiger partial charge is 0.394 e. The quantitative estimate of drug-likeness (QED) is 0.625. The third-order valence-corrected chi connectivity index (χ3v) is 3.29. The van der Waals surface area contributed by atoms with Crippen LogP contribution in [0.2, 0.25) is 0 Å². The molecule has 0 radical (unpaired) electrons. The minimum absolute atomic E-state index is 0.129. The minimum Gasteiger partial charge on any atom is -0.394 e. The van der Waals surface area contributed by atoms with Gasteiger partial charge in [-0.15, -0.1) is 0 Å².